The monoisotopic (exact) mass is 543 g/mol. The van der Waals surface area contributed by atoms with Crippen molar-refractivity contribution in [3.63, 3.8) is 0 Å². The smallest absolute Gasteiger partial charge is 0.246 e. The molecular weight excluding hydrogens is 510 g/mol. The maximum atomic E-state index is 14.5. The van der Waals surface area contributed by atoms with Crippen LogP contribution in [0.5, 0.6) is 5.75 Å². The minimum Gasteiger partial charge on any atom is -0.497 e. The minimum absolute atomic E-state index is 0.00662. The first-order valence-corrected chi connectivity index (χ1v) is 14.5. The highest BCUT2D eigenvalue weighted by molar-refractivity contribution is 7.10. The molecule has 2 amide bonds. The summed E-state index contributed by atoms with van der Waals surface area (Å²) in [6.45, 7) is 2.60. The van der Waals surface area contributed by atoms with Crippen molar-refractivity contribution in [3.05, 3.63) is 88.1 Å². The topological polar surface area (TPSA) is 79.0 Å². The van der Waals surface area contributed by atoms with Crippen molar-refractivity contribution in [1.29, 1.82) is 0 Å². The molecule has 3 aliphatic rings. The van der Waals surface area contributed by atoms with Gasteiger partial charge in [-0.25, -0.2) is 0 Å². The van der Waals surface area contributed by atoms with Gasteiger partial charge in [0.2, 0.25) is 11.8 Å². The van der Waals surface area contributed by atoms with Crippen molar-refractivity contribution >= 4 is 28.9 Å². The Labute approximate surface area is 232 Å². The number of likely N-dealkylation sites (tertiary alicyclic amines) is 1. The van der Waals surface area contributed by atoms with Crippen molar-refractivity contribution in [3.8, 4) is 5.75 Å². The third-order valence-electron chi connectivity index (χ3n) is 8.23. The fourth-order valence-electron chi connectivity index (χ4n) is 6.16. The van der Waals surface area contributed by atoms with Crippen molar-refractivity contribution in [2.75, 3.05) is 33.3 Å². The number of amides is 2. The maximum absolute atomic E-state index is 14.5. The zero-order chi connectivity index (χ0) is 26.9. The van der Waals surface area contributed by atoms with Gasteiger partial charge in [-0.05, 0) is 54.1 Å². The van der Waals surface area contributed by atoms with E-state index in [0.717, 1.165) is 23.3 Å². The summed E-state index contributed by atoms with van der Waals surface area (Å²) in [5, 5.41) is 5.30. The molecule has 2 saturated heterocycles. The van der Waals surface area contributed by atoms with Gasteiger partial charge in [0.1, 0.15) is 11.8 Å². The summed E-state index contributed by atoms with van der Waals surface area (Å²) in [4.78, 5) is 47.7. The van der Waals surface area contributed by atoms with Gasteiger partial charge in [-0.1, -0.05) is 36.4 Å². The number of nitrogens with one attached hydrogen (secondary N) is 1. The fourth-order valence-corrected chi connectivity index (χ4v) is 7.04. The average Bonchev–Trinajstić information content (AvgIpc) is 3.59. The van der Waals surface area contributed by atoms with Gasteiger partial charge in [0, 0.05) is 48.5 Å². The number of piperazine rings is 1. The van der Waals surface area contributed by atoms with E-state index < -0.39 is 23.9 Å². The molecule has 1 aliphatic carbocycles. The molecule has 3 aromatic rings. The van der Waals surface area contributed by atoms with Crippen molar-refractivity contribution in [2.24, 2.45) is 11.8 Å². The number of Topliss-reactive ketones (excluding diaryl/α,β-unsaturated/α-hetero) is 1. The van der Waals surface area contributed by atoms with E-state index in [4.69, 9.17) is 4.74 Å². The van der Waals surface area contributed by atoms with Crippen LogP contribution < -0.4 is 10.1 Å². The summed E-state index contributed by atoms with van der Waals surface area (Å²) < 4.78 is 5.32. The summed E-state index contributed by atoms with van der Waals surface area (Å²) in [5.74, 6) is -0.633. The average molecular weight is 544 g/mol. The van der Waals surface area contributed by atoms with Gasteiger partial charge < -0.3 is 19.9 Å². The van der Waals surface area contributed by atoms with E-state index in [9.17, 15) is 14.4 Å². The molecule has 2 aliphatic heterocycles. The summed E-state index contributed by atoms with van der Waals surface area (Å²) in [6.07, 6.45) is 1.66. The largest absolute Gasteiger partial charge is 0.497 e. The Morgan fingerprint density at radius 3 is 2.23 bits per heavy atom. The molecule has 4 unspecified atom stereocenters. The Kier molecular flexibility index (Phi) is 7.23. The first-order valence-electron chi connectivity index (χ1n) is 13.7. The molecule has 4 atom stereocenters. The first kappa shape index (κ1) is 25.8. The number of rotatable bonds is 7. The van der Waals surface area contributed by atoms with E-state index in [-0.39, 0.29) is 23.5 Å². The van der Waals surface area contributed by atoms with Crippen molar-refractivity contribution in [1.82, 2.24) is 15.1 Å². The molecule has 6 rings (SSSR count). The summed E-state index contributed by atoms with van der Waals surface area (Å²) in [5.41, 5.74) is 1.46. The third kappa shape index (κ3) is 4.87. The second-order valence-electron chi connectivity index (χ2n) is 10.6. The SMILES string of the molecule is COc1ccc(C(=O)C2C(c3ccccc3)C(C(=O)N3CCNCC3)N(C(=O)C3CC3)C2c2cccs2)cc1. The molecule has 1 aromatic heterocycles. The third-order valence-corrected chi connectivity index (χ3v) is 9.17. The van der Waals surface area contributed by atoms with Crippen LogP contribution in [0.1, 0.15) is 45.6 Å². The quantitative estimate of drug-likeness (QED) is 0.454. The molecule has 1 saturated carbocycles. The molecule has 202 valence electrons. The molecule has 7 nitrogen and oxygen atoms in total. The highest BCUT2D eigenvalue weighted by Gasteiger charge is 2.59. The van der Waals surface area contributed by atoms with E-state index >= 15 is 0 Å². The molecule has 0 bridgehead atoms. The van der Waals surface area contributed by atoms with Gasteiger partial charge >= 0.3 is 0 Å². The standard InChI is InChI=1S/C31H33N3O4S/c1-38-23-13-11-21(12-14-23)29(35)26-25(20-6-3-2-4-7-20)28(31(37)33-17-15-32-16-18-33)34(30(36)22-9-10-22)27(26)24-8-5-19-39-24/h2-8,11-14,19,22,25-28,32H,9-10,15-18H2,1H3. The zero-order valence-corrected chi connectivity index (χ0v) is 22.8. The lowest BCUT2D eigenvalue weighted by molar-refractivity contribution is -0.147. The highest BCUT2D eigenvalue weighted by Crippen LogP contribution is 2.54. The van der Waals surface area contributed by atoms with Crippen LogP contribution >= 0.6 is 11.3 Å². The number of benzene rings is 2. The van der Waals surface area contributed by atoms with Gasteiger partial charge in [0.15, 0.2) is 5.78 Å². The van der Waals surface area contributed by atoms with E-state index in [1.165, 1.54) is 0 Å². The predicted molar refractivity (Wildman–Crippen MR) is 150 cm³/mol. The summed E-state index contributed by atoms with van der Waals surface area (Å²) >= 11 is 1.54. The van der Waals surface area contributed by atoms with Crippen molar-refractivity contribution < 1.29 is 19.1 Å². The number of nitrogens with zero attached hydrogens (tertiary/aromatic N) is 2. The molecule has 2 aromatic carbocycles. The molecule has 3 fully saturated rings. The first-order chi connectivity index (χ1) is 19.1. The minimum atomic E-state index is -0.752. The maximum Gasteiger partial charge on any atom is 0.246 e. The highest BCUT2D eigenvalue weighted by atomic mass is 32.1. The van der Waals surface area contributed by atoms with Gasteiger partial charge in [-0.15, -0.1) is 11.3 Å². The molecule has 1 N–H and O–H groups in total. The number of methoxy groups -OCH3 is 1. The number of ketones is 1. The molecule has 39 heavy (non-hydrogen) atoms. The lowest BCUT2D eigenvalue weighted by Crippen LogP contribution is -2.55. The van der Waals surface area contributed by atoms with Crippen LogP contribution in [0.25, 0.3) is 0 Å². The normalized spacial score (nSPS) is 24.9. The number of carbonyl (C=O) groups excluding carboxylic acids is 3. The summed E-state index contributed by atoms with van der Waals surface area (Å²) in [6, 6.07) is 19.6. The Balaban J connectivity index is 1.53. The lowest BCUT2D eigenvalue weighted by atomic mass is 9.77. The fraction of sp³-hybridized carbons (Fsp3) is 0.387. The van der Waals surface area contributed by atoms with Crippen molar-refractivity contribution in [2.45, 2.75) is 30.8 Å². The number of thiophene rings is 1. The lowest BCUT2D eigenvalue weighted by Gasteiger charge is -2.36. The van der Waals surface area contributed by atoms with E-state index in [1.54, 1.807) is 42.7 Å². The Morgan fingerprint density at radius 1 is 0.897 bits per heavy atom. The van der Waals surface area contributed by atoms with Gasteiger partial charge in [0.05, 0.1) is 19.1 Å². The van der Waals surface area contributed by atoms with Crippen LogP contribution in [-0.2, 0) is 9.59 Å². The molecule has 0 spiro atoms. The molecule has 3 heterocycles. The summed E-state index contributed by atoms with van der Waals surface area (Å²) in [7, 11) is 1.60. The van der Waals surface area contributed by atoms with Crippen LogP contribution in [0, 0.1) is 11.8 Å². The number of hydrogen-bond donors (Lipinski definition) is 1. The zero-order valence-electron chi connectivity index (χ0n) is 22.0. The van der Waals surface area contributed by atoms with Crippen LogP contribution in [0.15, 0.2) is 72.1 Å². The van der Waals surface area contributed by atoms with Gasteiger partial charge in [0.25, 0.3) is 0 Å². The molecular formula is C31H33N3O4S. The van der Waals surface area contributed by atoms with E-state index in [1.807, 2.05) is 57.6 Å². The Hall–Kier alpha value is -3.49. The van der Waals surface area contributed by atoms with Crippen LogP contribution in [0.2, 0.25) is 0 Å². The molecule has 0 radical (unpaired) electrons. The van der Waals surface area contributed by atoms with Crippen LogP contribution in [-0.4, -0.2) is 66.7 Å². The predicted octanol–water partition coefficient (Wildman–Crippen LogP) is 4.13. The van der Waals surface area contributed by atoms with Gasteiger partial charge in [-0.3, -0.25) is 14.4 Å². The van der Waals surface area contributed by atoms with E-state index in [2.05, 4.69) is 5.32 Å². The second kappa shape index (κ2) is 10.9. The number of ether oxygens (including phenoxy) is 1. The second-order valence-corrected chi connectivity index (χ2v) is 11.5. The van der Waals surface area contributed by atoms with Gasteiger partial charge in [-0.2, -0.15) is 0 Å². The number of hydrogen-bond acceptors (Lipinski definition) is 6. The van der Waals surface area contributed by atoms with Crippen LogP contribution in [0.4, 0.5) is 0 Å². The Morgan fingerprint density at radius 2 is 1.62 bits per heavy atom. The van der Waals surface area contributed by atoms with Crippen LogP contribution in [0.3, 0.4) is 0 Å². The Bertz CT molecular complexity index is 1320. The molecule has 8 heteroatoms. The van der Waals surface area contributed by atoms with E-state index in [0.29, 0.717) is 37.5 Å². The number of carbonyl (C=O) groups is 3.